The molecule has 0 aliphatic carbocycles. The SMILES string of the molecule is CN=C(NCCOc1ccccc1C(F)(F)F)NC1CCN(CC(F)F)CC1. The molecule has 1 saturated heterocycles. The lowest BCUT2D eigenvalue weighted by Gasteiger charge is -2.32. The van der Waals surface area contributed by atoms with Gasteiger partial charge < -0.3 is 15.4 Å². The summed E-state index contributed by atoms with van der Waals surface area (Å²) in [6.45, 7) is 1.24. The first-order valence-corrected chi connectivity index (χ1v) is 9.06. The highest BCUT2D eigenvalue weighted by molar-refractivity contribution is 5.79. The zero-order chi connectivity index (χ0) is 20.6. The summed E-state index contributed by atoms with van der Waals surface area (Å²) in [6, 6.07) is 5.16. The summed E-state index contributed by atoms with van der Waals surface area (Å²) < 4.78 is 68.9. The number of ether oxygens (including phenoxy) is 1. The highest BCUT2D eigenvalue weighted by Gasteiger charge is 2.34. The second-order valence-electron chi connectivity index (χ2n) is 6.45. The maximum absolute atomic E-state index is 12.9. The van der Waals surface area contributed by atoms with Gasteiger partial charge in [0.25, 0.3) is 6.43 Å². The van der Waals surface area contributed by atoms with E-state index < -0.39 is 18.2 Å². The first kappa shape index (κ1) is 22.2. The Hall–Kier alpha value is -2.10. The number of guanidine groups is 1. The Morgan fingerprint density at radius 2 is 1.93 bits per heavy atom. The van der Waals surface area contributed by atoms with Crippen LogP contribution in [0.15, 0.2) is 29.3 Å². The van der Waals surface area contributed by atoms with Crippen LogP contribution in [0, 0.1) is 0 Å². The minimum Gasteiger partial charge on any atom is -0.491 e. The van der Waals surface area contributed by atoms with E-state index in [2.05, 4.69) is 15.6 Å². The molecule has 158 valence electrons. The van der Waals surface area contributed by atoms with E-state index >= 15 is 0 Å². The Morgan fingerprint density at radius 1 is 1.25 bits per heavy atom. The molecule has 1 aliphatic heterocycles. The summed E-state index contributed by atoms with van der Waals surface area (Å²) in [7, 11) is 1.58. The molecular formula is C18H25F5N4O. The Labute approximate surface area is 161 Å². The Bertz CT molecular complexity index is 631. The van der Waals surface area contributed by atoms with Crippen LogP contribution in [0.25, 0.3) is 0 Å². The molecule has 2 N–H and O–H groups in total. The third kappa shape index (κ3) is 7.14. The number of halogens is 5. The normalized spacial score (nSPS) is 17.0. The minimum atomic E-state index is -4.47. The number of benzene rings is 1. The van der Waals surface area contributed by atoms with Crippen molar-refractivity contribution < 1.29 is 26.7 Å². The van der Waals surface area contributed by atoms with Crippen molar-refractivity contribution in [2.24, 2.45) is 4.99 Å². The summed E-state index contributed by atoms with van der Waals surface area (Å²) in [5.41, 5.74) is -0.812. The molecule has 0 amide bonds. The molecule has 0 bridgehead atoms. The van der Waals surface area contributed by atoms with Crippen molar-refractivity contribution in [2.75, 3.05) is 39.8 Å². The second-order valence-corrected chi connectivity index (χ2v) is 6.45. The number of hydrogen-bond acceptors (Lipinski definition) is 3. The number of alkyl halides is 5. The van der Waals surface area contributed by atoms with Crippen LogP contribution in [0.3, 0.4) is 0 Å². The first-order valence-electron chi connectivity index (χ1n) is 9.06. The van der Waals surface area contributed by atoms with Gasteiger partial charge in [-0.2, -0.15) is 13.2 Å². The van der Waals surface area contributed by atoms with Crippen LogP contribution >= 0.6 is 0 Å². The van der Waals surface area contributed by atoms with E-state index in [4.69, 9.17) is 4.74 Å². The summed E-state index contributed by atoms with van der Waals surface area (Å²) in [4.78, 5) is 5.80. The zero-order valence-corrected chi connectivity index (χ0v) is 15.6. The summed E-state index contributed by atoms with van der Waals surface area (Å²) in [6.07, 6.45) is -5.38. The molecule has 1 aliphatic rings. The standard InChI is InChI=1S/C18H25F5N4O/c1-24-17(26-13-6-9-27(10-7-13)12-16(19)20)25-8-11-28-15-5-3-2-4-14(15)18(21,22)23/h2-5,13,16H,6-12H2,1H3,(H2,24,25,26). The average Bonchev–Trinajstić information content (AvgIpc) is 2.64. The van der Waals surface area contributed by atoms with Gasteiger partial charge >= 0.3 is 6.18 Å². The molecule has 0 radical (unpaired) electrons. The van der Waals surface area contributed by atoms with E-state index in [0.29, 0.717) is 31.9 Å². The van der Waals surface area contributed by atoms with Crippen molar-refractivity contribution in [1.29, 1.82) is 0 Å². The van der Waals surface area contributed by atoms with Crippen LogP contribution < -0.4 is 15.4 Å². The molecule has 0 saturated carbocycles. The molecule has 0 atom stereocenters. The molecule has 1 aromatic carbocycles. The van der Waals surface area contributed by atoms with Crippen molar-refractivity contribution in [1.82, 2.24) is 15.5 Å². The molecule has 2 rings (SSSR count). The third-order valence-corrected chi connectivity index (χ3v) is 4.39. The van der Waals surface area contributed by atoms with Gasteiger partial charge in [-0.15, -0.1) is 0 Å². The van der Waals surface area contributed by atoms with Crippen molar-refractivity contribution in [3.63, 3.8) is 0 Å². The largest absolute Gasteiger partial charge is 0.491 e. The molecule has 1 aromatic rings. The molecule has 5 nitrogen and oxygen atoms in total. The third-order valence-electron chi connectivity index (χ3n) is 4.39. The predicted molar refractivity (Wildman–Crippen MR) is 96.9 cm³/mol. The lowest BCUT2D eigenvalue weighted by molar-refractivity contribution is -0.138. The van der Waals surface area contributed by atoms with Crippen molar-refractivity contribution in [3.8, 4) is 5.75 Å². The number of hydrogen-bond donors (Lipinski definition) is 2. The van der Waals surface area contributed by atoms with Gasteiger partial charge in [0.05, 0.1) is 18.7 Å². The molecule has 1 heterocycles. The fraction of sp³-hybridized carbons (Fsp3) is 0.611. The lowest BCUT2D eigenvalue weighted by Crippen LogP contribution is -2.49. The second kappa shape index (κ2) is 10.4. The summed E-state index contributed by atoms with van der Waals surface area (Å²) in [5.74, 6) is 0.283. The molecule has 10 heteroatoms. The van der Waals surface area contributed by atoms with Gasteiger partial charge in [0.15, 0.2) is 5.96 Å². The smallest absolute Gasteiger partial charge is 0.419 e. The van der Waals surface area contributed by atoms with E-state index in [9.17, 15) is 22.0 Å². The number of nitrogens with zero attached hydrogens (tertiary/aromatic N) is 2. The predicted octanol–water partition coefficient (Wildman–Crippen LogP) is 2.98. The van der Waals surface area contributed by atoms with Crippen LogP contribution in [0.5, 0.6) is 5.75 Å². The highest BCUT2D eigenvalue weighted by atomic mass is 19.4. The molecule has 0 aromatic heterocycles. The maximum Gasteiger partial charge on any atom is 0.419 e. The van der Waals surface area contributed by atoms with Gasteiger partial charge in [0, 0.05) is 26.2 Å². The van der Waals surface area contributed by atoms with Crippen molar-refractivity contribution >= 4 is 5.96 Å². The molecule has 28 heavy (non-hydrogen) atoms. The Balaban J connectivity index is 1.73. The number of aliphatic imine (C=N–C) groups is 1. The number of para-hydroxylation sites is 1. The van der Waals surface area contributed by atoms with Crippen molar-refractivity contribution in [3.05, 3.63) is 29.8 Å². The lowest BCUT2D eigenvalue weighted by atomic mass is 10.1. The van der Waals surface area contributed by atoms with Crippen LogP contribution in [-0.2, 0) is 6.18 Å². The van der Waals surface area contributed by atoms with Crippen LogP contribution in [0.2, 0.25) is 0 Å². The monoisotopic (exact) mass is 408 g/mol. The summed E-state index contributed by atoms with van der Waals surface area (Å²) in [5, 5.41) is 6.19. The quantitative estimate of drug-likeness (QED) is 0.315. The van der Waals surface area contributed by atoms with Gasteiger partial charge in [-0.05, 0) is 25.0 Å². The first-order chi connectivity index (χ1) is 13.3. The molecular weight excluding hydrogens is 383 g/mol. The van der Waals surface area contributed by atoms with Crippen LogP contribution in [0.4, 0.5) is 22.0 Å². The number of likely N-dealkylation sites (tertiary alicyclic amines) is 1. The van der Waals surface area contributed by atoms with Gasteiger partial charge in [-0.1, -0.05) is 12.1 Å². The number of nitrogens with one attached hydrogen (secondary N) is 2. The molecule has 1 fully saturated rings. The van der Waals surface area contributed by atoms with E-state index in [1.807, 2.05) is 0 Å². The van der Waals surface area contributed by atoms with E-state index in [0.717, 1.165) is 6.07 Å². The van der Waals surface area contributed by atoms with Gasteiger partial charge in [0.2, 0.25) is 0 Å². The maximum atomic E-state index is 12.9. The van der Waals surface area contributed by atoms with Gasteiger partial charge in [-0.3, -0.25) is 9.89 Å². The topological polar surface area (TPSA) is 48.9 Å². The Morgan fingerprint density at radius 3 is 2.54 bits per heavy atom. The van der Waals surface area contributed by atoms with Gasteiger partial charge in [0.1, 0.15) is 12.4 Å². The van der Waals surface area contributed by atoms with Crippen LogP contribution in [-0.4, -0.2) is 63.2 Å². The molecule has 0 spiro atoms. The van der Waals surface area contributed by atoms with E-state index in [-0.39, 0.29) is 31.5 Å². The zero-order valence-electron chi connectivity index (χ0n) is 15.6. The highest BCUT2D eigenvalue weighted by Crippen LogP contribution is 2.35. The summed E-state index contributed by atoms with van der Waals surface area (Å²) >= 11 is 0. The van der Waals surface area contributed by atoms with Crippen LogP contribution in [0.1, 0.15) is 18.4 Å². The number of rotatable bonds is 7. The number of piperidine rings is 1. The average molecular weight is 408 g/mol. The van der Waals surface area contributed by atoms with Crippen molar-refractivity contribution in [2.45, 2.75) is 31.5 Å². The van der Waals surface area contributed by atoms with E-state index in [1.54, 1.807) is 11.9 Å². The Kier molecular flexibility index (Phi) is 8.28. The van der Waals surface area contributed by atoms with E-state index in [1.165, 1.54) is 18.2 Å². The minimum absolute atomic E-state index is 0.0284. The fourth-order valence-corrected chi connectivity index (χ4v) is 3.00. The molecule has 0 unspecified atom stereocenters. The van der Waals surface area contributed by atoms with Gasteiger partial charge in [-0.25, -0.2) is 8.78 Å². The fourth-order valence-electron chi connectivity index (χ4n) is 3.00.